The second kappa shape index (κ2) is 13.3. The first-order chi connectivity index (χ1) is 20.8. The van der Waals surface area contributed by atoms with Gasteiger partial charge >= 0.3 is 6.03 Å². The lowest BCUT2D eigenvalue weighted by atomic mass is 10.1. The van der Waals surface area contributed by atoms with E-state index in [0.717, 1.165) is 21.6 Å². The molecule has 0 spiro atoms. The summed E-state index contributed by atoms with van der Waals surface area (Å²) in [5.41, 5.74) is 3.58. The Hall–Kier alpha value is -5.08. The van der Waals surface area contributed by atoms with Crippen LogP contribution in [-0.2, 0) is 22.8 Å². The standard InChI is InChI=1S/C34H29ClN2O6/c1-3-41-30-19-25(18-29(35)31(30)43-21-23-7-5-4-6-8-23)17-28-32(38)36-34(40)37(33(28)39)26-13-15-27(16-14-26)42-20-24-11-9-22(2)10-12-24/h4-19H,3,20-21H2,1-2H3,(H,36,38,40)/b28-17+. The molecule has 1 saturated heterocycles. The molecule has 1 N–H and O–H groups in total. The third-order valence-corrected chi connectivity index (χ3v) is 6.87. The minimum Gasteiger partial charge on any atom is -0.490 e. The van der Waals surface area contributed by atoms with E-state index in [1.807, 2.05) is 68.4 Å². The van der Waals surface area contributed by atoms with Crippen LogP contribution < -0.4 is 24.4 Å². The van der Waals surface area contributed by atoms with E-state index in [2.05, 4.69) is 5.32 Å². The summed E-state index contributed by atoms with van der Waals surface area (Å²) < 4.78 is 17.5. The minimum atomic E-state index is -0.849. The first kappa shape index (κ1) is 29.4. The van der Waals surface area contributed by atoms with Gasteiger partial charge in [0.2, 0.25) is 0 Å². The number of amides is 4. The molecule has 0 aromatic heterocycles. The van der Waals surface area contributed by atoms with Gasteiger partial charge in [-0.1, -0.05) is 71.8 Å². The van der Waals surface area contributed by atoms with E-state index < -0.39 is 17.8 Å². The largest absolute Gasteiger partial charge is 0.490 e. The van der Waals surface area contributed by atoms with E-state index in [0.29, 0.717) is 36.0 Å². The lowest BCUT2D eigenvalue weighted by Crippen LogP contribution is -2.54. The summed E-state index contributed by atoms with van der Waals surface area (Å²) >= 11 is 6.57. The van der Waals surface area contributed by atoms with Crippen molar-refractivity contribution < 1.29 is 28.6 Å². The van der Waals surface area contributed by atoms with Gasteiger partial charge in [-0.25, -0.2) is 9.69 Å². The first-order valence-electron chi connectivity index (χ1n) is 13.7. The molecule has 8 nitrogen and oxygen atoms in total. The Morgan fingerprint density at radius 2 is 1.49 bits per heavy atom. The van der Waals surface area contributed by atoms with Crippen LogP contribution in [0.1, 0.15) is 29.2 Å². The van der Waals surface area contributed by atoms with Gasteiger partial charge in [0.1, 0.15) is 24.5 Å². The summed E-state index contributed by atoms with van der Waals surface area (Å²) in [6.45, 7) is 4.81. The number of nitrogens with zero attached hydrogens (tertiary/aromatic N) is 1. The zero-order valence-corrected chi connectivity index (χ0v) is 24.4. The Balaban J connectivity index is 1.35. The number of carbonyl (C=O) groups excluding carboxylic acids is 3. The molecular formula is C34H29ClN2O6. The lowest BCUT2D eigenvalue weighted by Gasteiger charge is -2.26. The van der Waals surface area contributed by atoms with Gasteiger partial charge in [0.05, 0.1) is 17.3 Å². The number of aryl methyl sites for hydroxylation is 1. The maximum Gasteiger partial charge on any atom is 0.335 e. The smallest absolute Gasteiger partial charge is 0.335 e. The van der Waals surface area contributed by atoms with Gasteiger partial charge in [0, 0.05) is 0 Å². The SMILES string of the molecule is CCOc1cc(/C=C2\C(=O)NC(=O)N(c3ccc(OCc4ccc(C)cc4)cc3)C2=O)cc(Cl)c1OCc1ccccc1. The van der Waals surface area contributed by atoms with E-state index in [1.54, 1.807) is 36.4 Å². The number of nitrogens with one attached hydrogen (secondary N) is 1. The Labute approximate surface area is 254 Å². The third-order valence-electron chi connectivity index (χ3n) is 6.59. The number of halogens is 1. The van der Waals surface area contributed by atoms with Gasteiger partial charge in [-0.2, -0.15) is 0 Å². The van der Waals surface area contributed by atoms with E-state index in [9.17, 15) is 14.4 Å². The predicted molar refractivity (Wildman–Crippen MR) is 164 cm³/mol. The number of hydrogen-bond acceptors (Lipinski definition) is 6. The highest BCUT2D eigenvalue weighted by Gasteiger charge is 2.37. The summed E-state index contributed by atoms with van der Waals surface area (Å²) in [6, 6.07) is 26.4. The van der Waals surface area contributed by atoms with Crippen molar-refractivity contribution >= 4 is 41.2 Å². The molecule has 0 aliphatic carbocycles. The van der Waals surface area contributed by atoms with Crippen molar-refractivity contribution in [3.05, 3.63) is 124 Å². The summed E-state index contributed by atoms with van der Waals surface area (Å²) in [7, 11) is 0. The first-order valence-corrected chi connectivity index (χ1v) is 14.0. The van der Waals surface area contributed by atoms with Gasteiger partial charge in [-0.3, -0.25) is 14.9 Å². The van der Waals surface area contributed by atoms with E-state index >= 15 is 0 Å². The highest BCUT2D eigenvalue weighted by atomic mass is 35.5. The van der Waals surface area contributed by atoms with Crippen LogP contribution in [-0.4, -0.2) is 24.5 Å². The van der Waals surface area contributed by atoms with Gasteiger partial charge in [0.15, 0.2) is 11.5 Å². The number of barbiturate groups is 1. The molecule has 0 radical (unpaired) electrons. The van der Waals surface area contributed by atoms with Crippen LogP contribution in [0.5, 0.6) is 17.2 Å². The number of anilines is 1. The van der Waals surface area contributed by atoms with Crippen LogP contribution in [0, 0.1) is 6.92 Å². The van der Waals surface area contributed by atoms with E-state index in [4.69, 9.17) is 25.8 Å². The van der Waals surface area contributed by atoms with Crippen molar-refractivity contribution in [3.8, 4) is 17.2 Å². The Bertz CT molecular complexity index is 1670. The third kappa shape index (κ3) is 7.05. The zero-order valence-electron chi connectivity index (χ0n) is 23.6. The molecule has 218 valence electrons. The lowest BCUT2D eigenvalue weighted by molar-refractivity contribution is -0.122. The number of ether oxygens (including phenoxy) is 3. The summed E-state index contributed by atoms with van der Waals surface area (Å²) in [4.78, 5) is 39.8. The molecule has 4 amide bonds. The monoisotopic (exact) mass is 596 g/mol. The molecule has 0 bridgehead atoms. The molecule has 4 aromatic carbocycles. The molecule has 9 heteroatoms. The summed E-state index contributed by atoms with van der Waals surface area (Å²) in [5.74, 6) is -0.330. The normalized spacial score (nSPS) is 14.1. The number of imide groups is 2. The fraction of sp³-hybridized carbons (Fsp3) is 0.147. The molecule has 1 fully saturated rings. The molecule has 1 aliphatic rings. The van der Waals surface area contributed by atoms with E-state index in [1.165, 1.54) is 6.08 Å². The number of urea groups is 1. The summed E-state index contributed by atoms with van der Waals surface area (Å²) in [6.07, 6.45) is 1.37. The van der Waals surface area contributed by atoms with Crippen LogP contribution in [0.25, 0.3) is 6.08 Å². The second-order valence-electron chi connectivity index (χ2n) is 9.76. The quantitative estimate of drug-likeness (QED) is 0.159. The molecule has 43 heavy (non-hydrogen) atoms. The van der Waals surface area contributed by atoms with Gasteiger partial charge in [-0.05, 0) is 73.0 Å². The number of hydrogen-bond donors (Lipinski definition) is 1. The van der Waals surface area contributed by atoms with Crippen molar-refractivity contribution in [1.82, 2.24) is 5.32 Å². The summed E-state index contributed by atoms with van der Waals surface area (Å²) in [5, 5.41) is 2.48. The van der Waals surface area contributed by atoms with Crippen LogP contribution in [0.2, 0.25) is 5.02 Å². The minimum absolute atomic E-state index is 0.240. The van der Waals surface area contributed by atoms with Gasteiger partial charge in [-0.15, -0.1) is 0 Å². The maximum absolute atomic E-state index is 13.5. The van der Waals surface area contributed by atoms with Crippen molar-refractivity contribution in [3.63, 3.8) is 0 Å². The van der Waals surface area contributed by atoms with Crippen molar-refractivity contribution in [2.45, 2.75) is 27.1 Å². The molecular weight excluding hydrogens is 568 g/mol. The molecule has 1 heterocycles. The average Bonchev–Trinajstić information content (AvgIpc) is 3.00. The van der Waals surface area contributed by atoms with Crippen molar-refractivity contribution in [2.24, 2.45) is 0 Å². The Morgan fingerprint density at radius 1 is 0.814 bits per heavy atom. The second-order valence-corrected chi connectivity index (χ2v) is 10.2. The highest BCUT2D eigenvalue weighted by molar-refractivity contribution is 6.39. The average molecular weight is 597 g/mol. The van der Waals surface area contributed by atoms with Crippen molar-refractivity contribution in [1.29, 1.82) is 0 Å². The fourth-order valence-corrected chi connectivity index (χ4v) is 4.68. The maximum atomic E-state index is 13.5. The fourth-order valence-electron chi connectivity index (χ4n) is 4.41. The van der Waals surface area contributed by atoms with Crippen LogP contribution in [0.3, 0.4) is 0 Å². The van der Waals surface area contributed by atoms with Gasteiger partial charge < -0.3 is 14.2 Å². The van der Waals surface area contributed by atoms with E-state index in [-0.39, 0.29) is 22.9 Å². The number of rotatable bonds is 10. The molecule has 0 atom stereocenters. The molecule has 1 aliphatic heterocycles. The number of carbonyl (C=O) groups is 3. The Morgan fingerprint density at radius 3 is 2.19 bits per heavy atom. The molecule has 0 saturated carbocycles. The topological polar surface area (TPSA) is 94.2 Å². The van der Waals surface area contributed by atoms with Crippen molar-refractivity contribution in [2.75, 3.05) is 11.5 Å². The van der Waals surface area contributed by atoms with Crippen LogP contribution in [0.15, 0.2) is 96.6 Å². The van der Waals surface area contributed by atoms with Crippen LogP contribution >= 0.6 is 11.6 Å². The zero-order chi connectivity index (χ0) is 30.3. The Kier molecular flexibility index (Phi) is 9.08. The predicted octanol–water partition coefficient (Wildman–Crippen LogP) is 6.87. The molecule has 4 aromatic rings. The van der Waals surface area contributed by atoms with Crippen LogP contribution in [0.4, 0.5) is 10.5 Å². The molecule has 5 rings (SSSR count). The molecule has 0 unspecified atom stereocenters. The van der Waals surface area contributed by atoms with Gasteiger partial charge in [0.25, 0.3) is 11.8 Å². The highest BCUT2D eigenvalue weighted by Crippen LogP contribution is 2.38. The number of benzene rings is 4.